The first-order valence-corrected chi connectivity index (χ1v) is 4.26. The number of nitrogens with one attached hydrogen (secondary N) is 1. The molecule has 3 nitrogen and oxygen atoms in total. The molecule has 0 saturated heterocycles. The minimum atomic E-state index is 0.771. The van der Waals surface area contributed by atoms with Gasteiger partial charge in [-0.3, -0.25) is 0 Å². The summed E-state index contributed by atoms with van der Waals surface area (Å²) in [6.45, 7) is 2.74. The Hall–Kier alpha value is -1.22. The summed E-state index contributed by atoms with van der Waals surface area (Å²) in [5, 5.41) is 3.07. The van der Waals surface area contributed by atoms with Crippen LogP contribution in [0.15, 0.2) is 12.1 Å². The van der Waals surface area contributed by atoms with E-state index < -0.39 is 0 Å². The number of aryl methyl sites for hydroxylation is 1. The van der Waals surface area contributed by atoms with Crippen molar-refractivity contribution in [3.05, 3.63) is 23.3 Å². The standard InChI is InChI=1S/C10H16N2O/c1-7-4-10(13-3)8(6-12-2)5-9(7)11/h4-5,12H,6,11H2,1-3H3. The number of hydrogen-bond donors (Lipinski definition) is 2. The zero-order valence-corrected chi connectivity index (χ0v) is 8.35. The molecule has 0 unspecified atom stereocenters. The lowest BCUT2D eigenvalue weighted by Gasteiger charge is -2.10. The summed E-state index contributed by atoms with van der Waals surface area (Å²) in [4.78, 5) is 0. The SMILES string of the molecule is CNCc1cc(N)c(C)cc1OC. The first-order valence-electron chi connectivity index (χ1n) is 4.26. The van der Waals surface area contributed by atoms with Gasteiger partial charge in [0, 0.05) is 17.8 Å². The smallest absolute Gasteiger partial charge is 0.123 e. The van der Waals surface area contributed by atoms with Crippen molar-refractivity contribution in [1.82, 2.24) is 5.32 Å². The van der Waals surface area contributed by atoms with E-state index in [1.807, 2.05) is 26.1 Å². The molecule has 1 aromatic carbocycles. The summed E-state index contributed by atoms with van der Waals surface area (Å²) >= 11 is 0. The molecule has 0 spiro atoms. The third-order valence-electron chi connectivity index (χ3n) is 2.04. The maximum atomic E-state index is 5.79. The molecule has 0 heterocycles. The van der Waals surface area contributed by atoms with E-state index in [2.05, 4.69) is 5.32 Å². The predicted molar refractivity (Wildman–Crippen MR) is 54.9 cm³/mol. The average molecular weight is 180 g/mol. The van der Waals surface area contributed by atoms with Gasteiger partial charge in [0.15, 0.2) is 0 Å². The molecule has 0 aliphatic heterocycles. The van der Waals surface area contributed by atoms with Crippen molar-refractivity contribution >= 4 is 5.69 Å². The molecule has 13 heavy (non-hydrogen) atoms. The summed E-state index contributed by atoms with van der Waals surface area (Å²) in [7, 11) is 3.57. The molecule has 0 aliphatic carbocycles. The van der Waals surface area contributed by atoms with Crippen LogP contribution in [0.1, 0.15) is 11.1 Å². The Kier molecular flexibility index (Phi) is 3.14. The van der Waals surface area contributed by atoms with Crippen LogP contribution in [0.3, 0.4) is 0 Å². The van der Waals surface area contributed by atoms with Gasteiger partial charge in [0.05, 0.1) is 7.11 Å². The van der Waals surface area contributed by atoms with E-state index >= 15 is 0 Å². The fraction of sp³-hybridized carbons (Fsp3) is 0.400. The van der Waals surface area contributed by atoms with Gasteiger partial charge in [0.25, 0.3) is 0 Å². The maximum Gasteiger partial charge on any atom is 0.123 e. The Balaban J connectivity index is 3.09. The fourth-order valence-electron chi connectivity index (χ4n) is 1.26. The molecule has 0 saturated carbocycles. The van der Waals surface area contributed by atoms with Gasteiger partial charge in [0.1, 0.15) is 5.75 Å². The van der Waals surface area contributed by atoms with E-state index in [0.717, 1.165) is 29.1 Å². The van der Waals surface area contributed by atoms with E-state index in [1.54, 1.807) is 7.11 Å². The van der Waals surface area contributed by atoms with E-state index in [9.17, 15) is 0 Å². The molecule has 72 valence electrons. The molecule has 3 heteroatoms. The average Bonchev–Trinajstić information content (AvgIpc) is 2.11. The summed E-state index contributed by atoms with van der Waals surface area (Å²) < 4.78 is 5.24. The summed E-state index contributed by atoms with van der Waals surface area (Å²) in [5.74, 6) is 0.890. The molecular weight excluding hydrogens is 164 g/mol. The molecule has 0 radical (unpaired) electrons. The van der Waals surface area contributed by atoms with Gasteiger partial charge in [-0.15, -0.1) is 0 Å². The summed E-state index contributed by atoms with van der Waals surface area (Å²) in [6, 6.07) is 3.91. The first kappa shape index (κ1) is 9.86. The van der Waals surface area contributed by atoms with E-state index in [1.165, 1.54) is 0 Å². The lowest BCUT2D eigenvalue weighted by Crippen LogP contribution is -2.07. The van der Waals surface area contributed by atoms with E-state index in [-0.39, 0.29) is 0 Å². The Bertz CT molecular complexity index is 297. The van der Waals surface area contributed by atoms with Crippen LogP contribution < -0.4 is 15.8 Å². The molecular formula is C10H16N2O. The summed E-state index contributed by atoms with van der Waals surface area (Å²) in [6.07, 6.45) is 0. The second kappa shape index (κ2) is 4.14. The van der Waals surface area contributed by atoms with E-state index in [0.29, 0.717) is 0 Å². The molecule has 3 N–H and O–H groups in total. The van der Waals surface area contributed by atoms with Gasteiger partial charge >= 0.3 is 0 Å². The van der Waals surface area contributed by atoms with Gasteiger partial charge in [-0.1, -0.05) is 0 Å². The second-order valence-corrected chi connectivity index (χ2v) is 3.05. The number of benzene rings is 1. The minimum Gasteiger partial charge on any atom is -0.496 e. The molecule has 1 rings (SSSR count). The highest BCUT2D eigenvalue weighted by atomic mass is 16.5. The highest BCUT2D eigenvalue weighted by molar-refractivity contribution is 5.54. The number of methoxy groups -OCH3 is 1. The first-order chi connectivity index (χ1) is 6.19. The molecule has 0 atom stereocenters. The van der Waals surface area contributed by atoms with Crippen LogP contribution in [0.2, 0.25) is 0 Å². The van der Waals surface area contributed by atoms with Crippen molar-refractivity contribution in [3.63, 3.8) is 0 Å². The van der Waals surface area contributed by atoms with Gasteiger partial charge in [-0.2, -0.15) is 0 Å². The lowest BCUT2D eigenvalue weighted by atomic mass is 10.1. The number of ether oxygens (including phenoxy) is 1. The molecule has 0 aromatic heterocycles. The van der Waals surface area contributed by atoms with Gasteiger partial charge < -0.3 is 15.8 Å². The van der Waals surface area contributed by atoms with Crippen LogP contribution in [-0.2, 0) is 6.54 Å². The van der Waals surface area contributed by atoms with Crippen molar-refractivity contribution in [2.75, 3.05) is 19.9 Å². The summed E-state index contributed by atoms with van der Waals surface area (Å²) in [5.41, 5.74) is 8.75. The van der Waals surface area contributed by atoms with Crippen LogP contribution in [0.25, 0.3) is 0 Å². The minimum absolute atomic E-state index is 0.771. The zero-order valence-electron chi connectivity index (χ0n) is 8.35. The number of hydrogen-bond acceptors (Lipinski definition) is 3. The lowest BCUT2D eigenvalue weighted by molar-refractivity contribution is 0.408. The van der Waals surface area contributed by atoms with Crippen LogP contribution in [-0.4, -0.2) is 14.2 Å². The Labute approximate surface area is 78.9 Å². The Morgan fingerprint density at radius 1 is 1.46 bits per heavy atom. The molecule has 1 aromatic rings. The van der Waals surface area contributed by atoms with Crippen LogP contribution in [0, 0.1) is 6.92 Å². The highest BCUT2D eigenvalue weighted by Crippen LogP contribution is 2.24. The monoisotopic (exact) mass is 180 g/mol. The largest absolute Gasteiger partial charge is 0.496 e. The van der Waals surface area contributed by atoms with Crippen molar-refractivity contribution in [2.24, 2.45) is 0 Å². The topological polar surface area (TPSA) is 47.3 Å². The third-order valence-corrected chi connectivity index (χ3v) is 2.04. The van der Waals surface area contributed by atoms with E-state index in [4.69, 9.17) is 10.5 Å². The second-order valence-electron chi connectivity index (χ2n) is 3.05. The highest BCUT2D eigenvalue weighted by Gasteiger charge is 2.04. The van der Waals surface area contributed by atoms with Crippen molar-refractivity contribution in [2.45, 2.75) is 13.5 Å². The predicted octanol–water partition coefficient (Wildman–Crippen LogP) is 1.31. The molecule has 0 fully saturated rings. The number of nitrogen functional groups attached to an aromatic ring is 1. The van der Waals surface area contributed by atoms with Crippen LogP contribution in [0.5, 0.6) is 5.75 Å². The number of anilines is 1. The Morgan fingerprint density at radius 2 is 2.15 bits per heavy atom. The van der Waals surface area contributed by atoms with Gasteiger partial charge in [-0.05, 0) is 31.7 Å². The fourth-order valence-corrected chi connectivity index (χ4v) is 1.26. The van der Waals surface area contributed by atoms with Crippen molar-refractivity contribution in [3.8, 4) is 5.75 Å². The quantitative estimate of drug-likeness (QED) is 0.689. The normalized spacial score (nSPS) is 10.1. The van der Waals surface area contributed by atoms with Crippen LogP contribution >= 0.6 is 0 Å². The molecule has 0 bridgehead atoms. The van der Waals surface area contributed by atoms with Gasteiger partial charge in [0.2, 0.25) is 0 Å². The third kappa shape index (κ3) is 2.12. The molecule has 0 aliphatic rings. The van der Waals surface area contributed by atoms with Crippen molar-refractivity contribution in [1.29, 1.82) is 0 Å². The number of rotatable bonds is 3. The number of nitrogens with two attached hydrogens (primary N) is 1. The maximum absolute atomic E-state index is 5.79. The van der Waals surface area contributed by atoms with Crippen molar-refractivity contribution < 1.29 is 4.74 Å². The van der Waals surface area contributed by atoms with Crippen LogP contribution in [0.4, 0.5) is 5.69 Å². The van der Waals surface area contributed by atoms with Gasteiger partial charge in [-0.25, -0.2) is 0 Å². The zero-order chi connectivity index (χ0) is 9.84. The Morgan fingerprint density at radius 3 is 2.69 bits per heavy atom. The molecule has 0 amide bonds.